The second kappa shape index (κ2) is 11.0. The molecular formula is C26H35N3OS2. The Morgan fingerprint density at radius 1 is 1.06 bits per heavy atom. The molecule has 32 heavy (non-hydrogen) atoms. The van der Waals surface area contributed by atoms with Gasteiger partial charge >= 0.3 is 0 Å². The average Bonchev–Trinajstić information content (AvgIpc) is 3.17. The molecule has 6 heteroatoms. The fourth-order valence-electron chi connectivity index (χ4n) is 4.41. The highest BCUT2D eigenvalue weighted by molar-refractivity contribution is 7.99. The lowest BCUT2D eigenvalue weighted by Crippen LogP contribution is -2.30. The zero-order valence-electron chi connectivity index (χ0n) is 19.7. The first-order valence-electron chi connectivity index (χ1n) is 12.1. The molecule has 0 radical (unpaired) electrons. The Bertz CT molecular complexity index is 1100. The number of rotatable bonds is 10. The van der Waals surface area contributed by atoms with Crippen molar-refractivity contribution in [3.63, 3.8) is 0 Å². The minimum Gasteiger partial charge on any atom is -0.298 e. The number of benzene rings is 1. The van der Waals surface area contributed by atoms with Crippen molar-refractivity contribution in [3.05, 3.63) is 50.6 Å². The predicted octanol–water partition coefficient (Wildman–Crippen LogP) is 6.59. The fourth-order valence-corrected chi connectivity index (χ4v) is 6.73. The normalized spacial score (nSPS) is 14.2. The van der Waals surface area contributed by atoms with Gasteiger partial charge in [-0.3, -0.25) is 14.3 Å². The molecule has 172 valence electrons. The molecular weight excluding hydrogens is 434 g/mol. The zero-order chi connectivity index (χ0) is 22.5. The smallest absolute Gasteiger partial charge is 0.267 e. The van der Waals surface area contributed by atoms with Gasteiger partial charge in [0.2, 0.25) is 0 Å². The maximum Gasteiger partial charge on any atom is 0.267 e. The van der Waals surface area contributed by atoms with E-state index in [1.54, 1.807) is 23.1 Å². The average molecular weight is 470 g/mol. The first-order chi connectivity index (χ1) is 15.6. The van der Waals surface area contributed by atoms with Crippen molar-refractivity contribution in [2.75, 3.05) is 18.8 Å². The Balaban J connectivity index is 1.67. The molecule has 4 nitrogen and oxygen atoms in total. The minimum absolute atomic E-state index is 0.103. The number of hydrogen-bond donors (Lipinski definition) is 0. The SMILES string of the molecule is CCCCCCCCSc1nc2sc3c(c2c(=O)n1-c1ccc(C)cc1)CCN(CC)C3. The molecule has 4 rings (SSSR count). The molecule has 3 heterocycles. The van der Waals surface area contributed by atoms with Gasteiger partial charge < -0.3 is 0 Å². The number of unbranched alkanes of at least 4 members (excludes halogenated alkanes) is 5. The first kappa shape index (κ1) is 23.5. The summed E-state index contributed by atoms with van der Waals surface area (Å²) in [6, 6.07) is 8.26. The largest absolute Gasteiger partial charge is 0.298 e. The molecule has 0 spiro atoms. The van der Waals surface area contributed by atoms with Gasteiger partial charge in [-0.2, -0.15) is 0 Å². The topological polar surface area (TPSA) is 38.1 Å². The van der Waals surface area contributed by atoms with Crippen molar-refractivity contribution in [2.24, 2.45) is 0 Å². The van der Waals surface area contributed by atoms with Gasteiger partial charge in [-0.1, -0.05) is 75.4 Å². The van der Waals surface area contributed by atoms with Crippen molar-refractivity contribution in [3.8, 4) is 5.69 Å². The lowest BCUT2D eigenvalue weighted by Gasteiger charge is -2.25. The van der Waals surface area contributed by atoms with E-state index in [4.69, 9.17) is 4.98 Å². The van der Waals surface area contributed by atoms with Crippen molar-refractivity contribution in [2.45, 2.75) is 77.4 Å². The number of aromatic nitrogens is 2. The molecule has 0 amide bonds. The summed E-state index contributed by atoms with van der Waals surface area (Å²) in [5.74, 6) is 1.00. The number of thiophene rings is 1. The van der Waals surface area contributed by atoms with Gasteiger partial charge in [0.1, 0.15) is 4.83 Å². The van der Waals surface area contributed by atoms with Crippen LogP contribution < -0.4 is 5.56 Å². The minimum atomic E-state index is 0.103. The van der Waals surface area contributed by atoms with Crippen LogP contribution in [-0.4, -0.2) is 33.3 Å². The summed E-state index contributed by atoms with van der Waals surface area (Å²) in [5, 5.41) is 1.69. The van der Waals surface area contributed by atoms with E-state index < -0.39 is 0 Å². The van der Waals surface area contributed by atoms with Crippen molar-refractivity contribution in [1.29, 1.82) is 0 Å². The highest BCUT2D eigenvalue weighted by Crippen LogP contribution is 2.34. The van der Waals surface area contributed by atoms with Crippen molar-refractivity contribution < 1.29 is 0 Å². The third-order valence-electron chi connectivity index (χ3n) is 6.39. The number of aryl methyl sites for hydroxylation is 1. The lowest BCUT2D eigenvalue weighted by molar-refractivity contribution is 0.272. The van der Waals surface area contributed by atoms with E-state index in [0.717, 1.165) is 52.9 Å². The highest BCUT2D eigenvalue weighted by Gasteiger charge is 2.25. The number of likely N-dealkylation sites (N-methyl/N-ethyl adjacent to an activating group) is 1. The van der Waals surface area contributed by atoms with Crippen LogP contribution in [0.4, 0.5) is 0 Å². The molecule has 0 bridgehead atoms. The molecule has 3 aromatic rings. The van der Waals surface area contributed by atoms with Gasteiger partial charge in [-0.05, 0) is 44.0 Å². The van der Waals surface area contributed by atoms with Crippen LogP contribution in [-0.2, 0) is 13.0 Å². The van der Waals surface area contributed by atoms with Gasteiger partial charge in [0.05, 0.1) is 11.1 Å². The molecule has 0 unspecified atom stereocenters. The molecule has 0 saturated carbocycles. The number of thioether (sulfide) groups is 1. The Hall–Kier alpha value is -1.63. The van der Waals surface area contributed by atoms with Crippen LogP contribution in [0.3, 0.4) is 0 Å². The zero-order valence-corrected chi connectivity index (χ0v) is 21.3. The number of fused-ring (bicyclic) bond motifs is 3. The molecule has 0 saturated heterocycles. The monoisotopic (exact) mass is 469 g/mol. The Labute approximate surface area is 200 Å². The van der Waals surface area contributed by atoms with Crippen LogP contribution in [0.25, 0.3) is 15.9 Å². The summed E-state index contributed by atoms with van der Waals surface area (Å²) in [7, 11) is 0. The molecule has 1 aliphatic heterocycles. The maximum atomic E-state index is 13.8. The van der Waals surface area contributed by atoms with E-state index in [-0.39, 0.29) is 5.56 Å². The summed E-state index contributed by atoms with van der Waals surface area (Å²) >= 11 is 3.46. The Morgan fingerprint density at radius 3 is 2.56 bits per heavy atom. The van der Waals surface area contributed by atoms with Crippen LogP contribution in [0.5, 0.6) is 0 Å². The van der Waals surface area contributed by atoms with E-state index in [2.05, 4.69) is 49.9 Å². The highest BCUT2D eigenvalue weighted by atomic mass is 32.2. The molecule has 0 fully saturated rings. The van der Waals surface area contributed by atoms with Crippen LogP contribution in [0.1, 0.15) is 68.4 Å². The molecule has 1 aromatic carbocycles. The summed E-state index contributed by atoms with van der Waals surface area (Å²) in [4.78, 5) is 23.6. The molecule has 0 atom stereocenters. The fraction of sp³-hybridized carbons (Fsp3) is 0.538. The second-order valence-corrected chi connectivity index (χ2v) is 10.9. The molecule has 0 aliphatic carbocycles. The van der Waals surface area contributed by atoms with Crippen LogP contribution in [0, 0.1) is 6.92 Å². The van der Waals surface area contributed by atoms with Crippen LogP contribution in [0.2, 0.25) is 0 Å². The third-order valence-corrected chi connectivity index (χ3v) is 8.53. The predicted molar refractivity (Wildman–Crippen MR) is 139 cm³/mol. The van der Waals surface area contributed by atoms with Gasteiger partial charge in [0.15, 0.2) is 5.16 Å². The Morgan fingerprint density at radius 2 is 1.81 bits per heavy atom. The summed E-state index contributed by atoms with van der Waals surface area (Å²) < 4.78 is 1.86. The maximum absolute atomic E-state index is 13.8. The lowest BCUT2D eigenvalue weighted by atomic mass is 10.1. The van der Waals surface area contributed by atoms with Gasteiger partial charge in [0, 0.05) is 23.7 Å². The van der Waals surface area contributed by atoms with Crippen molar-refractivity contribution in [1.82, 2.24) is 14.5 Å². The third kappa shape index (κ3) is 5.13. The molecule has 2 aromatic heterocycles. The molecule has 0 N–H and O–H groups in total. The quantitative estimate of drug-likeness (QED) is 0.191. The standard InChI is InChI=1S/C26H35N3OS2/c1-4-6-7-8-9-10-17-31-26-27-24-23(21-15-16-28(5-2)18-22(21)32-24)25(30)29(26)20-13-11-19(3)12-14-20/h11-14H,4-10,15-18H2,1-3H3. The van der Waals surface area contributed by atoms with Crippen molar-refractivity contribution >= 4 is 33.3 Å². The first-order valence-corrected chi connectivity index (χ1v) is 13.9. The van der Waals surface area contributed by atoms with Crippen LogP contribution >= 0.6 is 23.1 Å². The van der Waals surface area contributed by atoms with Crippen LogP contribution in [0.15, 0.2) is 34.2 Å². The van der Waals surface area contributed by atoms with Gasteiger partial charge in [-0.25, -0.2) is 4.98 Å². The summed E-state index contributed by atoms with van der Waals surface area (Å²) in [5.41, 5.74) is 3.46. The Kier molecular flexibility index (Phi) is 8.08. The van der Waals surface area contributed by atoms with E-state index in [1.807, 2.05) is 4.57 Å². The van der Waals surface area contributed by atoms with E-state index in [9.17, 15) is 4.79 Å². The summed E-state index contributed by atoms with van der Waals surface area (Å²) in [6.07, 6.45) is 8.61. The van der Waals surface area contributed by atoms with E-state index in [1.165, 1.54) is 54.5 Å². The van der Waals surface area contributed by atoms with Gasteiger partial charge in [0.25, 0.3) is 5.56 Å². The number of hydrogen-bond acceptors (Lipinski definition) is 5. The molecule has 1 aliphatic rings. The summed E-state index contributed by atoms with van der Waals surface area (Å²) in [6.45, 7) is 9.55. The number of nitrogens with zero attached hydrogens (tertiary/aromatic N) is 3. The van der Waals surface area contributed by atoms with E-state index >= 15 is 0 Å². The second-order valence-electron chi connectivity index (χ2n) is 8.79. The van der Waals surface area contributed by atoms with Gasteiger partial charge in [-0.15, -0.1) is 11.3 Å². The van der Waals surface area contributed by atoms with E-state index in [0.29, 0.717) is 0 Å².